The van der Waals surface area contributed by atoms with Crippen LogP contribution in [0, 0.1) is 5.82 Å². The minimum absolute atomic E-state index is 0.0862. The van der Waals surface area contributed by atoms with Crippen molar-refractivity contribution in [1.29, 1.82) is 0 Å². The zero-order valence-corrected chi connectivity index (χ0v) is 9.15. The van der Waals surface area contributed by atoms with Gasteiger partial charge in [-0.05, 0) is 31.3 Å². The molecule has 0 aliphatic carbocycles. The molecular weight excluding hydrogens is 217 g/mol. The van der Waals surface area contributed by atoms with Crippen LogP contribution in [-0.4, -0.2) is 18.0 Å². The quantitative estimate of drug-likeness (QED) is 0.618. The van der Waals surface area contributed by atoms with E-state index in [1.807, 2.05) is 0 Å². The number of carbonyl (C=O) groups excluding carboxylic acids is 1. The fraction of sp³-hybridized carbons (Fsp3) is 0.200. The maximum absolute atomic E-state index is 12.9. The lowest BCUT2D eigenvalue weighted by Crippen LogP contribution is -2.22. The van der Waals surface area contributed by atoms with Crippen molar-refractivity contribution in [2.75, 3.05) is 7.05 Å². The Labute approximate surface area is 92.2 Å². The second-order valence-corrected chi connectivity index (χ2v) is 3.21. The monoisotopic (exact) mass is 227 g/mol. The fourth-order valence-electron chi connectivity index (χ4n) is 1.02. The van der Waals surface area contributed by atoms with Crippen molar-refractivity contribution < 1.29 is 13.9 Å². The highest BCUT2D eigenvalue weighted by Gasteiger charge is 2.11. The van der Waals surface area contributed by atoms with Gasteiger partial charge in [-0.2, -0.15) is 0 Å². The number of rotatable bonds is 2. The molecule has 0 bridgehead atoms. The van der Waals surface area contributed by atoms with E-state index in [0.717, 1.165) is 6.07 Å². The number of hydrogen-bond acceptors (Lipinski definition) is 3. The zero-order chi connectivity index (χ0) is 11.4. The third-order valence-electron chi connectivity index (χ3n) is 1.73. The Morgan fingerprint density at radius 3 is 2.73 bits per heavy atom. The van der Waals surface area contributed by atoms with Gasteiger partial charge in [0.1, 0.15) is 11.6 Å². The van der Waals surface area contributed by atoms with Gasteiger partial charge in [-0.25, -0.2) is 4.39 Å². The van der Waals surface area contributed by atoms with Crippen molar-refractivity contribution >= 4 is 23.2 Å². The molecule has 0 amide bonds. The van der Waals surface area contributed by atoms with Crippen LogP contribution >= 0.6 is 12.2 Å². The number of halogens is 1. The number of benzene rings is 1. The smallest absolute Gasteiger partial charge is 0.261 e. The summed E-state index contributed by atoms with van der Waals surface area (Å²) in [5.41, 5.74) is 0.300. The van der Waals surface area contributed by atoms with Gasteiger partial charge in [-0.3, -0.25) is 4.79 Å². The average Bonchev–Trinajstić information content (AvgIpc) is 2.17. The van der Waals surface area contributed by atoms with Crippen LogP contribution in [0.25, 0.3) is 0 Å². The number of carbonyl (C=O) groups is 1. The van der Waals surface area contributed by atoms with E-state index in [1.165, 1.54) is 19.1 Å². The highest BCUT2D eigenvalue weighted by atomic mass is 32.1. The Bertz CT molecular complexity index is 406. The molecule has 0 unspecified atom stereocenters. The first kappa shape index (κ1) is 11.6. The molecule has 15 heavy (non-hydrogen) atoms. The molecule has 0 saturated carbocycles. The highest BCUT2D eigenvalue weighted by molar-refractivity contribution is 7.80. The third kappa shape index (κ3) is 2.99. The van der Waals surface area contributed by atoms with Crippen LogP contribution < -0.4 is 10.1 Å². The topological polar surface area (TPSA) is 38.3 Å². The molecule has 0 saturated heterocycles. The van der Waals surface area contributed by atoms with Gasteiger partial charge in [0, 0.05) is 13.1 Å². The number of thiocarbonyl (C=S) groups is 1. The van der Waals surface area contributed by atoms with Crippen LogP contribution in [0.4, 0.5) is 4.39 Å². The first-order chi connectivity index (χ1) is 7.04. The van der Waals surface area contributed by atoms with Gasteiger partial charge in [0.2, 0.25) is 0 Å². The average molecular weight is 227 g/mol. The summed E-state index contributed by atoms with van der Waals surface area (Å²) in [6, 6.07) is 3.69. The fourth-order valence-corrected chi connectivity index (χ4v) is 1.11. The summed E-state index contributed by atoms with van der Waals surface area (Å²) in [5, 5.41) is 2.66. The van der Waals surface area contributed by atoms with Gasteiger partial charge in [-0.1, -0.05) is 0 Å². The minimum atomic E-state index is -0.478. The number of ether oxygens (including phenoxy) is 1. The van der Waals surface area contributed by atoms with E-state index in [9.17, 15) is 9.18 Å². The Balaban J connectivity index is 3.07. The van der Waals surface area contributed by atoms with E-state index < -0.39 is 5.82 Å². The van der Waals surface area contributed by atoms with Gasteiger partial charge in [-0.15, -0.1) is 0 Å². The van der Waals surface area contributed by atoms with Crippen LogP contribution in [0.1, 0.15) is 17.3 Å². The standard InChI is InChI=1S/C10H10FNO2S/c1-6(13)8-4-3-7(11)5-9(8)14-10(15)12-2/h3-5H,1-2H3,(H,12,15). The Morgan fingerprint density at radius 1 is 1.53 bits per heavy atom. The molecule has 0 fully saturated rings. The van der Waals surface area contributed by atoms with Crippen LogP contribution in [0.15, 0.2) is 18.2 Å². The lowest BCUT2D eigenvalue weighted by Gasteiger charge is -2.09. The van der Waals surface area contributed by atoms with E-state index in [1.54, 1.807) is 7.05 Å². The summed E-state index contributed by atoms with van der Waals surface area (Å²) in [7, 11) is 1.58. The molecule has 1 N–H and O–H groups in total. The second-order valence-electron chi connectivity index (χ2n) is 2.84. The molecular formula is C10H10FNO2S. The van der Waals surface area contributed by atoms with Crippen molar-refractivity contribution in [2.45, 2.75) is 6.92 Å². The van der Waals surface area contributed by atoms with Crippen LogP contribution in [0.2, 0.25) is 0 Å². The lowest BCUT2D eigenvalue weighted by atomic mass is 10.1. The normalized spacial score (nSPS) is 9.53. The van der Waals surface area contributed by atoms with Crippen molar-refractivity contribution in [2.24, 2.45) is 0 Å². The molecule has 1 rings (SSSR count). The summed E-state index contributed by atoms with van der Waals surface area (Å²) in [6.45, 7) is 1.38. The SMILES string of the molecule is CNC(=S)Oc1cc(F)ccc1C(C)=O. The predicted molar refractivity (Wildman–Crippen MR) is 58.7 cm³/mol. The molecule has 1 aromatic rings. The van der Waals surface area contributed by atoms with Crippen LogP contribution in [0.5, 0.6) is 5.75 Å². The molecule has 0 aliphatic heterocycles. The summed E-state index contributed by atoms with van der Waals surface area (Å²) in [6.07, 6.45) is 0. The third-order valence-corrected chi connectivity index (χ3v) is 2.02. The number of nitrogens with one attached hydrogen (secondary N) is 1. The van der Waals surface area contributed by atoms with Gasteiger partial charge in [0.15, 0.2) is 5.78 Å². The molecule has 3 nitrogen and oxygen atoms in total. The van der Waals surface area contributed by atoms with E-state index in [-0.39, 0.29) is 16.7 Å². The maximum Gasteiger partial charge on any atom is 0.261 e. The number of Topliss-reactive ketones (excluding diaryl/α,β-unsaturated/α-hetero) is 1. The predicted octanol–water partition coefficient (Wildman–Crippen LogP) is 1.91. The van der Waals surface area contributed by atoms with Crippen molar-refractivity contribution in [3.8, 4) is 5.75 Å². The van der Waals surface area contributed by atoms with E-state index in [4.69, 9.17) is 17.0 Å². The van der Waals surface area contributed by atoms with Gasteiger partial charge in [0.25, 0.3) is 5.17 Å². The van der Waals surface area contributed by atoms with E-state index in [0.29, 0.717) is 5.56 Å². The van der Waals surface area contributed by atoms with Crippen molar-refractivity contribution in [3.63, 3.8) is 0 Å². The molecule has 0 radical (unpaired) electrons. The Hall–Kier alpha value is -1.49. The first-order valence-corrected chi connectivity index (χ1v) is 4.65. The van der Waals surface area contributed by atoms with Gasteiger partial charge < -0.3 is 10.1 Å². The summed E-state index contributed by atoms with van der Waals surface area (Å²) < 4.78 is 18.0. The summed E-state index contributed by atoms with van der Waals surface area (Å²) in [5.74, 6) is -0.556. The maximum atomic E-state index is 12.9. The molecule has 0 atom stereocenters. The largest absolute Gasteiger partial charge is 0.431 e. The van der Waals surface area contributed by atoms with Crippen molar-refractivity contribution in [3.05, 3.63) is 29.6 Å². The van der Waals surface area contributed by atoms with Crippen LogP contribution in [-0.2, 0) is 0 Å². The summed E-state index contributed by atoms with van der Waals surface area (Å²) >= 11 is 4.76. The first-order valence-electron chi connectivity index (χ1n) is 4.24. The lowest BCUT2D eigenvalue weighted by molar-refractivity contribution is 0.101. The second kappa shape index (κ2) is 4.84. The zero-order valence-electron chi connectivity index (χ0n) is 8.33. The molecule has 80 valence electrons. The number of ketones is 1. The molecule has 0 aromatic heterocycles. The molecule has 0 heterocycles. The van der Waals surface area contributed by atoms with E-state index >= 15 is 0 Å². The Morgan fingerprint density at radius 2 is 2.20 bits per heavy atom. The molecule has 1 aromatic carbocycles. The van der Waals surface area contributed by atoms with Crippen LogP contribution in [0.3, 0.4) is 0 Å². The van der Waals surface area contributed by atoms with Gasteiger partial charge in [0.05, 0.1) is 5.56 Å². The number of hydrogen-bond donors (Lipinski definition) is 1. The van der Waals surface area contributed by atoms with Gasteiger partial charge >= 0.3 is 0 Å². The summed E-state index contributed by atoms with van der Waals surface area (Å²) in [4.78, 5) is 11.2. The molecule has 5 heteroatoms. The van der Waals surface area contributed by atoms with Crippen molar-refractivity contribution in [1.82, 2.24) is 5.32 Å². The minimum Gasteiger partial charge on any atom is -0.431 e. The highest BCUT2D eigenvalue weighted by Crippen LogP contribution is 2.20. The molecule has 0 aliphatic rings. The van der Waals surface area contributed by atoms with E-state index in [2.05, 4.69) is 5.32 Å². The molecule has 0 spiro atoms. The Kier molecular flexibility index (Phi) is 3.74.